The van der Waals surface area contributed by atoms with Gasteiger partial charge in [0.05, 0.1) is 24.9 Å². The molecule has 1 aromatic heterocycles. The second-order valence-corrected chi connectivity index (χ2v) is 5.74. The SMILES string of the molecule is O=C(O)N(C[C@@H]1CN(c2ccc([N+](=O)[O-])nc2)CCO1)C1CC1. The molecule has 1 aromatic rings. The fourth-order valence-corrected chi connectivity index (χ4v) is 2.73. The minimum atomic E-state index is -0.912. The Morgan fingerprint density at radius 1 is 1.52 bits per heavy atom. The van der Waals surface area contributed by atoms with Crippen LogP contribution in [0.4, 0.5) is 16.3 Å². The van der Waals surface area contributed by atoms with Gasteiger partial charge in [-0.1, -0.05) is 0 Å². The summed E-state index contributed by atoms with van der Waals surface area (Å²) in [5, 5.41) is 19.9. The van der Waals surface area contributed by atoms with Crippen LogP contribution in [0.3, 0.4) is 0 Å². The summed E-state index contributed by atoms with van der Waals surface area (Å²) in [6.45, 7) is 2.01. The predicted octanol–water partition coefficient (Wildman–Crippen LogP) is 1.34. The van der Waals surface area contributed by atoms with Gasteiger partial charge in [0.25, 0.3) is 0 Å². The van der Waals surface area contributed by atoms with Gasteiger partial charge >= 0.3 is 11.9 Å². The summed E-state index contributed by atoms with van der Waals surface area (Å²) < 4.78 is 5.67. The number of pyridine rings is 1. The summed E-state index contributed by atoms with van der Waals surface area (Å²) in [6, 6.07) is 3.14. The van der Waals surface area contributed by atoms with Gasteiger partial charge in [-0.15, -0.1) is 0 Å². The van der Waals surface area contributed by atoms with Gasteiger partial charge in [0.2, 0.25) is 0 Å². The van der Waals surface area contributed by atoms with Crippen molar-refractivity contribution in [1.29, 1.82) is 0 Å². The first kappa shape index (κ1) is 15.5. The zero-order valence-electron chi connectivity index (χ0n) is 12.5. The zero-order valence-corrected chi connectivity index (χ0v) is 12.5. The maximum atomic E-state index is 11.3. The van der Waals surface area contributed by atoms with Crippen LogP contribution in [0.1, 0.15) is 12.8 Å². The van der Waals surface area contributed by atoms with Crippen molar-refractivity contribution < 1.29 is 19.6 Å². The van der Waals surface area contributed by atoms with E-state index < -0.39 is 11.0 Å². The first-order chi connectivity index (χ1) is 11.0. The highest BCUT2D eigenvalue weighted by Crippen LogP contribution is 2.28. The second kappa shape index (κ2) is 6.37. The number of carboxylic acid groups (broad SMARTS) is 1. The molecule has 0 unspecified atom stereocenters. The third-order valence-corrected chi connectivity index (χ3v) is 4.06. The average Bonchev–Trinajstić information content (AvgIpc) is 3.37. The Labute approximate surface area is 132 Å². The van der Waals surface area contributed by atoms with Crippen LogP contribution in [0.2, 0.25) is 0 Å². The summed E-state index contributed by atoms with van der Waals surface area (Å²) in [5.74, 6) is -0.190. The highest BCUT2D eigenvalue weighted by molar-refractivity contribution is 5.66. The van der Waals surface area contributed by atoms with Crippen molar-refractivity contribution in [3.05, 3.63) is 28.4 Å². The van der Waals surface area contributed by atoms with Gasteiger partial charge < -0.3 is 29.8 Å². The van der Waals surface area contributed by atoms with Gasteiger partial charge in [0, 0.05) is 25.2 Å². The Hall–Kier alpha value is -2.42. The second-order valence-electron chi connectivity index (χ2n) is 5.74. The quantitative estimate of drug-likeness (QED) is 0.643. The van der Waals surface area contributed by atoms with Gasteiger partial charge in [-0.05, 0) is 28.8 Å². The van der Waals surface area contributed by atoms with E-state index in [-0.39, 0.29) is 18.0 Å². The molecule has 0 spiro atoms. The van der Waals surface area contributed by atoms with Crippen LogP contribution in [-0.4, -0.2) is 64.4 Å². The van der Waals surface area contributed by atoms with Gasteiger partial charge in [-0.2, -0.15) is 0 Å². The molecule has 1 N–H and O–H groups in total. The molecule has 0 bridgehead atoms. The summed E-state index contributed by atoms with van der Waals surface area (Å²) in [7, 11) is 0. The van der Waals surface area contributed by atoms with Crippen LogP contribution in [-0.2, 0) is 4.74 Å². The number of amides is 1. The lowest BCUT2D eigenvalue weighted by molar-refractivity contribution is -0.389. The molecule has 1 amide bonds. The van der Waals surface area contributed by atoms with Crippen molar-refractivity contribution in [3.8, 4) is 0 Å². The number of anilines is 1. The smallest absolute Gasteiger partial charge is 0.407 e. The third-order valence-electron chi connectivity index (χ3n) is 4.06. The zero-order chi connectivity index (χ0) is 16.4. The Kier molecular flexibility index (Phi) is 4.28. The fraction of sp³-hybridized carbons (Fsp3) is 0.571. The number of nitro groups is 1. The average molecular weight is 322 g/mol. The molecular formula is C14H18N4O5. The first-order valence-electron chi connectivity index (χ1n) is 7.51. The van der Waals surface area contributed by atoms with Gasteiger partial charge in [0.15, 0.2) is 6.20 Å². The Morgan fingerprint density at radius 3 is 2.87 bits per heavy atom. The summed E-state index contributed by atoms with van der Waals surface area (Å²) in [5.41, 5.74) is 0.775. The highest BCUT2D eigenvalue weighted by Gasteiger charge is 2.35. The van der Waals surface area contributed by atoms with Crippen molar-refractivity contribution in [1.82, 2.24) is 9.88 Å². The molecule has 9 heteroatoms. The minimum Gasteiger partial charge on any atom is -0.465 e. The molecule has 0 radical (unpaired) electrons. The Bertz CT molecular complexity index is 589. The molecule has 2 aliphatic rings. The van der Waals surface area contributed by atoms with Gasteiger partial charge in [-0.3, -0.25) is 0 Å². The maximum absolute atomic E-state index is 11.3. The van der Waals surface area contributed by atoms with Crippen LogP contribution in [0.5, 0.6) is 0 Å². The number of carbonyl (C=O) groups is 1. The number of ether oxygens (including phenoxy) is 1. The molecule has 1 atom stereocenters. The van der Waals surface area contributed by atoms with Crippen LogP contribution in [0.25, 0.3) is 0 Å². The summed E-state index contributed by atoms with van der Waals surface area (Å²) in [6.07, 6.45) is 2.17. The molecule has 9 nitrogen and oxygen atoms in total. The monoisotopic (exact) mass is 322 g/mol. The van der Waals surface area contributed by atoms with E-state index in [0.29, 0.717) is 26.2 Å². The lowest BCUT2D eigenvalue weighted by Crippen LogP contribution is -2.49. The van der Waals surface area contributed by atoms with Crippen molar-refractivity contribution in [3.63, 3.8) is 0 Å². The van der Waals surface area contributed by atoms with E-state index in [2.05, 4.69) is 4.98 Å². The minimum absolute atomic E-state index is 0.118. The van der Waals surface area contributed by atoms with Gasteiger partial charge in [0.1, 0.15) is 0 Å². The number of hydrogen-bond donors (Lipinski definition) is 1. The standard InChI is InChI=1S/C14H18N4O5/c19-14(20)17(10-1-2-10)9-12-8-16(5-6-23-12)11-3-4-13(15-7-11)18(21)22/h3-4,7,10,12H,1-2,5-6,8-9H2,(H,19,20)/t12-/m0/s1. The van der Waals surface area contributed by atoms with E-state index in [1.807, 2.05) is 4.90 Å². The molecule has 1 saturated heterocycles. The number of aromatic nitrogens is 1. The first-order valence-corrected chi connectivity index (χ1v) is 7.51. The van der Waals surface area contributed by atoms with Crippen molar-refractivity contribution in [2.75, 3.05) is 31.1 Å². The number of nitrogens with zero attached hydrogens (tertiary/aromatic N) is 4. The molecule has 2 fully saturated rings. The van der Waals surface area contributed by atoms with E-state index in [1.54, 1.807) is 6.07 Å². The van der Waals surface area contributed by atoms with Crippen LogP contribution < -0.4 is 4.90 Å². The molecule has 1 aliphatic heterocycles. The van der Waals surface area contributed by atoms with E-state index in [9.17, 15) is 20.0 Å². The van der Waals surface area contributed by atoms with E-state index in [0.717, 1.165) is 18.5 Å². The molecule has 3 rings (SSSR count). The Morgan fingerprint density at radius 2 is 2.30 bits per heavy atom. The fourth-order valence-electron chi connectivity index (χ4n) is 2.73. The summed E-state index contributed by atoms with van der Waals surface area (Å²) in [4.78, 5) is 28.7. The molecule has 23 heavy (non-hydrogen) atoms. The van der Waals surface area contributed by atoms with E-state index >= 15 is 0 Å². The number of rotatable bonds is 5. The predicted molar refractivity (Wildman–Crippen MR) is 80.6 cm³/mol. The van der Waals surface area contributed by atoms with E-state index in [1.165, 1.54) is 17.2 Å². The number of hydrogen-bond acceptors (Lipinski definition) is 6. The molecular weight excluding hydrogens is 304 g/mol. The largest absolute Gasteiger partial charge is 0.465 e. The molecule has 1 aliphatic carbocycles. The number of morpholine rings is 1. The van der Waals surface area contributed by atoms with Crippen LogP contribution in [0.15, 0.2) is 18.3 Å². The lowest BCUT2D eigenvalue weighted by atomic mass is 10.2. The highest BCUT2D eigenvalue weighted by atomic mass is 16.6. The van der Waals surface area contributed by atoms with Crippen molar-refractivity contribution in [2.24, 2.45) is 0 Å². The van der Waals surface area contributed by atoms with Gasteiger partial charge in [-0.25, -0.2) is 4.79 Å². The molecule has 2 heterocycles. The van der Waals surface area contributed by atoms with Crippen molar-refractivity contribution in [2.45, 2.75) is 25.0 Å². The molecule has 0 aromatic carbocycles. The summed E-state index contributed by atoms with van der Waals surface area (Å²) >= 11 is 0. The van der Waals surface area contributed by atoms with Crippen LogP contribution >= 0.6 is 0 Å². The lowest BCUT2D eigenvalue weighted by Gasteiger charge is -2.35. The van der Waals surface area contributed by atoms with Crippen LogP contribution in [0, 0.1) is 10.1 Å². The molecule has 124 valence electrons. The normalized spacial score (nSPS) is 21.0. The third kappa shape index (κ3) is 3.67. The topological polar surface area (TPSA) is 109 Å². The Balaban J connectivity index is 1.63. The van der Waals surface area contributed by atoms with E-state index in [4.69, 9.17) is 4.74 Å². The maximum Gasteiger partial charge on any atom is 0.407 e. The molecule has 1 saturated carbocycles. The van der Waals surface area contributed by atoms with Crippen molar-refractivity contribution >= 4 is 17.6 Å².